The number of hydrogen-bond acceptors (Lipinski definition) is 4. The van der Waals surface area contributed by atoms with Crippen LogP contribution in [0.4, 0.5) is 0 Å². The molecule has 0 aromatic heterocycles. The van der Waals surface area contributed by atoms with Crippen LogP contribution in [0.25, 0.3) is 0 Å². The molecule has 1 saturated heterocycles. The average Bonchev–Trinajstić information content (AvgIpc) is 2.46. The lowest BCUT2D eigenvalue weighted by Gasteiger charge is -2.40. The minimum atomic E-state index is -0.268. The topological polar surface area (TPSA) is 95.7 Å². The summed E-state index contributed by atoms with van der Waals surface area (Å²) in [7, 11) is 0. The van der Waals surface area contributed by atoms with Crippen LogP contribution in [-0.4, -0.2) is 53.6 Å². The maximum Gasteiger partial charge on any atom is 0.224 e. The summed E-state index contributed by atoms with van der Waals surface area (Å²) >= 11 is 0. The summed E-state index contributed by atoms with van der Waals surface area (Å²) in [4.78, 5) is 26.0. The summed E-state index contributed by atoms with van der Waals surface area (Å²) in [6.07, 6.45) is 5.48. The first kappa shape index (κ1) is 16.2. The van der Waals surface area contributed by atoms with Gasteiger partial charge < -0.3 is 21.1 Å². The highest BCUT2D eigenvalue weighted by molar-refractivity contribution is 5.80. The van der Waals surface area contributed by atoms with Crippen molar-refractivity contribution in [2.75, 3.05) is 26.2 Å². The Hall–Kier alpha value is -1.14. The van der Waals surface area contributed by atoms with Crippen molar-refractivity contribution in [1.29, 1.82) is 0 Å². The third-order valence-corrected chi connectivity index (χ3v) is 4.71. The number of nitrogens with one attached hydrogen (secondary N) is 1. The molecule has 0 radical (unpaired) electrons. The minimum Gasteiger partial charge on any atom is -0.396 e. The maximum atomic E-state index is 12.2. The van der Waals surface area contributed by atoms with Gasteiger partial charge >= 0.3 is 0 Å². The molecule has 6 heteroatoms. The van der Waals surface area contributed by atoms with Crippen LogP contribution in [0.1, 0.15) is 44.9 Å². The molecule has 1 aliphatic heterocycles. The summed E-state index contributed by atoms with van der Waals surface area (Å²) in [6, 6.07) is 0. The van der Waals surface area contributed by atoms with Gasteiger partial charge in [-0.2, -0.15) is 0 Å². The van der Waals surface area contributed by atoms with Gasteiger partial charge in [-0.3, -0.25) is 9.59 Å². The lowest BCUT2D eigenvalue weighted by molar-refractivity contribution is -0.137. The number of amides is 2. The van der Waals surface area contributed by atoms with Gasteiger partial charge in [-0.1, -0.05) is 0 Å². The van der Waals surface area contributed by atoms with Crippen molar-refractivity contribution < 1.29 is 14.7 Å². The van der Waals surface area contributed by atoms with Crippen molar-refractivity contribution in [2.24, 2.45) is 11.7 Å². The van der Waals surface area contributed by atoms with Crippen LogP contribution >= 0.6 is 0 Å². The summed E-state index contributed by atoms with van der Waals surface area (Å²) in [5.74, 6) is 0.171. The third-order valence-electron chi connectivity index (χ3n) is 4.71. The molecule has 0 aromatic carbocycles. The molecule has 120 valence electrons. The molecule has 0 spiro atoms. The number of nitrogens with zero attached hydrogens (tertiary/aromatic N) is 1. The molecular weight excluding hydrogens is 270 g/mol. The fourth-order valence-corrected chi connectivity index (χ4v) is 3.05. The number of nitrogens with two attached hydrogens (primary N) is 1. The largest absolute Gasteiger partial charge is 0.396 e. The van der Waals surface area contributed by atoms with E-state index < -0.39 is 0 Å². The maximum absolute atomic E-state index is 12.2. The Morgan fingerprint density at radius 3 is 2.48 bits per heavy atom. The van der Waals surface area contributed by atoms with E-state index in [0.29, 0.717) is 45.3 Å². The van der Waals surface area contributed by atoms with Gasteiger partial charge in [0.05, 0.1) is 0 Å². The fourth-order valence-electron chi connectivity index (χ4n) is 3.05. The second kappa shape index (κ2) is 7.22. The third kappa shape index (κ3) is 4.41. The molecule has 0 aromatic rings. The Morgan fingerprint density at radius 1 is 1.29 bits per heavy atom. The van der Waals surface area contributed by atoms with Gasteiger partial charge in [0.1, 0.15) is 0 Å². The minimum absolute atomic E-state index is 0.0108. The van der Waals surface area contributed by atoms with Gasteiger partial charge in [-0.05, 0) is 38.5 Å². The average molecular weight is 297 g/mol. The fraction of sp³-hybridized carbons (Fsp3) is 0.867. The van der Waals surface area contributed by atoms with E-state index in [4.69, 9.17) is 10.8 Å². The Morgan fingerprint density at radius 2 is 1.95 bits per heavy atom. The zero-order valence-electron chi connectivity index (χ0n) is 12.6. The summed E-state index contributed by atoms with van der Waals surface area (Å²) in [5, 5.41) is 11.5. The highest BCUT2D eigenvalue weighted by atomic mass is 16.3. The normalized spacial score (nSPS) is 21.7. The SMILES string of the molecule is NC1(CC(=O)N2CCC(C(=O)NCCCO)CC2)CCC1. The van der Waals surface area contributed by atoms with Gasteiger partial charge in [-0.25, -0.2) is 0 Å². The molecule has 2 aliphatic rings. The van der Waals surface area contributed by atoms with Crippen LogP contribution in [0, 0.1) is 5.92 Å². The van der Waals surface area contributed by atoms with Crippen LogP contribution in [-0.2, 0) is 9.59 Å². The van der Waals surface area contributed by atoms with Crippen LogP contribution in [0.2, 0.25) is 0 Å². The van der Waals surface area contributed by atoms with E-state index >= 15 is 0 Å². The van der Waals surface area contributed by atoms with Crippen LogP contribution in [0.15, 0.2) is 0 Å². The van der Waals surface area contributed by atoms with Crippen LogP contribution in [0.5, 0.6) is 0 Å². The predicted octanol–water partition coefficient (Wildman–Crippen LogP) is -0.00490. The van der Waals surface area contributed by atoms with E-state index in [1.54, 1.807) is 0 Å². The molecule has 0 unspecified atom stereocenters. The lowest BCUT2D eigenvalue weighted by atomic mass is 9.75. The Bertz CT molecular complexity index is 374. The lowest BCUT2D eigenvalue weighted by Crippen LogP contribution is -2.52. The molecule has 1 saturated carbocycles. The van der Waals surface area contributed by atoms with E-state index in [1.807, 2.05) is 4.90 Å². The van der Waals surface area contributed by atoms with Crippen molar-refractivity contribution in [1.82, 2.24) is 10.2 Å². The first-order chi connectivity index (χ1) is 10.0. The van der Waals surface area contributed by atoms with Crippen molar-refractivity contribution in [3.8, 4) is 0 Å². The highest BCUT2D eigenvalue weighted by Crippen LogP contribution is 2.33. The zero-order chi connectivity index (χ0) is 15.3. The molecule has 2 amide bonds. The smallest absolute Gasteiger partial charge is 0.224 e. The zero-order valence-corrected chi connectivity index (χ0v) is 12.6. The summed E-state index contributed by atoms with van der Waals surface area (Å²) in [6.45, 7) is 1.90. The monoisotopic (exact) mass is 297 g/mol. The number of rotatable bonds is 6. The molecule has 2 rings (SSSR count). The van der Waals surface area contributed by atoms with E-state index in [9.17, 15) is 9.59 Å². The second-order valence-corrected chi connectivity index (χ2v) is 6.42. The number of aliphatic hydroxyl groups excluding tert-OH is 1. The predicted molar refractivity (Wildman–Crippen MR) is 79.4 cm³/mol. The van der Waals surface area contributed by atoms with Gasteiger partial charge in [0.25, 0.3) is 0 Å². The quantitative estimate of drug-likeness (QED) is 0.601. The number of piperidine rings is 1. The van der Waals surface area contributed by atoms with Gasteiger partial charge in [-0.15, -0.1) is 0 Å². The highest BCUT2D eigenvalue weighted by Gasteiger charge is 2.37. The molecule has 0 atom stereocenters. The number of carbonyl (C=O) groups is 2. The molecule has 1 aliphatic carbocycles. The first-order valence-corrected chi connectivity index (χ1v) is 7.99. The van der Waals surface area contributed by atoms with Gasteiger partial charge in [0.2, 0.25) is 11.8 Å². The molecule has 1 heterocycles. The summed E-state index contributed by atoms with van der Waals surface area (Å²) < 4.78 is 0. The Kier molecular flexibility index (Phi) is 5.58. The summed E-state index contributed by atoms with van der Waals surface area (Å²) in [5.41, 5.74) is 5.85. The van der Waals surface area contributed by atoms with Crippen molar-refractivity contribution >= 4 is 11.8 Å². The van der Waals surface area contributed by atoms with E-state index in [-0.39, 0.29) is 29.9 Å². The molecule has 6 nitrogen and oxygen atoms in total. The molecule has 0 bridgehead atoms. The van der Waals surface area contributed by atoms with Crippen molar-refractivity contribution in [3.63, 3.8) is 0 Å². The van der Waals surface area contributed by atoms with E-state index in [1.165, 1.54) is 0 Å². The number of likely N-dealkylation sites (tertiary alicyclic amines) is 1. The molecule has 4 N–H and O–H groups in total. The van der Waals surface area contributed by atoms with Gasteiger partial charge in [0, 0.05) is 44.1 Å². The number of carbonyl (C=O) groups excluding carboxylic acids is 2. The van der Waals surface area contributed by atoms with Crippen molar-refractivity contribution in [2.45, 2.75) is 50.5 Å². The number of hydrogen-bond donors (Lipinski definition) is 3. The van der Waals surface area contributed by atoms with Gasteiger partial charge in [0.15, 0.2) is 0 Å². The molecule has 21 heavy (non-hydrogen) atoms. The number of aliphatic hydroxyl groups is 1. The standard InChI is InChI=1S/C15H27N3O3/c16-15(5-1-6-15)11-13(20)18-8-3-12(4-9-18)14(21)17-7-2-10-19/h12,19H,1-11,16H2,(H,17,21). The van der Waals surface area contributed by atoms with E-state index in [0.717, 1.165) is 19.3 Å². The van der Waals surface area contributed by atoms with E-state index in [2.05, 4.69) is 5.32 Å². The Labute approximate surface area is 126 Å². The first-order valence-electron chi connectivity index (χ1n) is 7.99. The van der Waals surface area contributed by atoms with Crippen LogP contribution < -0.4 is 11.1 Å². The van der Waals surface area contributed by atoms with Crippen molar-refractivity contribution in [3.05, 3.63) is 0 Å². The second-order valence-electron chi connectivity index (χ2n) is 6.42. The Balaban J connectivity index is 1.70. The molecule has 2 fully saturated rings. The molecular formula is C15H27N3O3. The van der Waals surface area contributed by atoms with Crippen LogP contribution in [0.3, 0.4) is 0 Å².